The van der Waals surface area contributed by atoms with Gasteiger partial charge in [-0.05, 0) is 57.2 Å². The number of hydrogen-bond acceptors (Lipinski definition) is 4. The van der Waals surface area contributed by atoms with E-state index < -0.39 is 0 Å². The Balaban J connectivity index is 1.81. The monoisotopic (exact) mass is 356 g/mol. The number of anilines is 1. The van der Waals surface area contributed by atoms with E-state index in [0.29, 0.717) is 16.7 Å². The SMILES string of the molecule is CCNc1ccc2nc(Oc3ccc(OC(C)C)cc3Cl)ccc2c1. The van der Waals surface area contributed by atoms with Crippen LogP contribution in [-0.4, -0.2) is 17.6 Å². The predicted molar refractivity (Wildman–Crippen MR) is 103 cm³/mol. The summed E-state index contributed by atoms with van der Waals surface area (Å²) in [6.45, 7) is 6.90. The second kappa shape index (κ2) is 7.62. The van der Waals surface area contributed by atoms with E-state index in [1.165, 1.54) is 0 Å². The number of rotatable bonds is 6. The van der Waals surface area contributed by atoms with Crippen molar-refractivity contribution in [1.29, 1.82) is 0 Å². The molecule has 0 radical (unpaired) electrons. The Morgan fingerprint density at radius 1 is 1.08 bits per heavy atom. The van der Waals surface area contributed by atoms with Crippen LogP contribution in [0.2, 0.25) is 5.02 Å². The summed E-state index contributed by atoms with van der Waals surface area (Å²) < 4.78 is 11.5. The van der Waals surface area contributed by atoms with Crippen LogP contribution in [0.5, 0.6) is 17.4 Å². The second-order valence-electron chi connectivity index (χ2n) is 5.95. The summed E-state index contributed by atoms with van der Waals surface area (Å²) in [4.78, 5) is 4.54. The third-order valence-electron chi connectivity index (χ3n) is 3.53. The van der Waals surface area contributed by atoms with Crippen LogP contribution in [0.3, 0.4) is 0 Å². The fraction of sp³-hybridized carbons (Fsp3) is 0.250. The molecule has 0 amide bonds. The van der Waals surface area contributed by atoms with E-state index in [2.05, 4.69) is 23.3 Å². The van der Waals surface area contributed by atoms with Crippen LogP contribution >= 0.6 is 11.6 Å². The molecule has 0 spiro atoms. The van der Waals surface area contributed by atoms with E-state index in [9.17, 15) is 0 Å². The number of fused-ring (bicyclic) bond motifs is 1. The molecule has 130 valence electrons. The van der Waals surface area contributed by atoms with Crippen molar-refractivity contribution in [3.8, 4) is 17.4 Å². The van der Waals surface area contributed by atoms with Gasteiger partial charge in [-0.3, -0.25) is 0 Å². The molecule has 0 saturated heterocycles. The van der Waals surface area contributed by atoms with Gasteiger partial charge >= 0.3 is 0 Å². The zero-order valence-corrected chi connectivity index (χ0v) is 15.3. The number of nitrogens with one attached hydrogen (secondary N) is 1. The predicted octanol–water partition coefficient (Wildman–Crippen LogP) is 5.90. The van der Waals surface area contributed by atoms with E-state index in [-0.39, 0.29) is 6.10 Å². The van der Waals surface area contributed by atoms with Crippen LogP contribution in [0.1, 0.15) is 20.8 Å². The summed E-state index contributed by atoms with van der Waals surface area (Å²) >= 11 is 6.30. The van der Waals surface area contributed by atoms with Gasteiger partial charge in [0.1, 0.15) is 11.5 Å². The molecule has 0 bridgehead atoms. The molecule has 1 N–H and O–H groups in total. The van der Waals surface area contributed by atoms with Crippen molar-refractivity contribution >= 4 is 28.2 Å². The zero-order chi connectivity index (χ0) is 17.8. The van der Waals surface area contributed by atoms with Crippen LogP contribution in [0, 0.1) is 0 Å². The van der Waals surface area contributed by atoms with Crippen molar-refractivity contribution in [3.63, 3.8) is 0 Å². The lowest BCUT2D eigenvalue weighted by atomic mass is 10.2. The average molecular weight is 357 g/mol. The second-order valence-corrected chi connectivity index (χ2v) is 6.36. The van der Waals surface area contributed by atoms with Gasteiger partial charge in [0, 0.05) is 29.8 Å². The third-order valence-corrected chi connectivity index (χ3v) is 3.83. The van der Waals surface area contributed by atoms with Gasteiger partial charge in [0.15, 0.2) is 0 Å². The molecular weight excluding hydrogens is 336 g/mol. The van der Waals surface area contributed by atoms with Crippen molar-refractivity contribution in [2.24, 2.45) is 0 Å². The number of ether oxygens (including phenoxy) is 2. The van der Waals surface area contributed by atoms with Crippen molar-refractivity contribution in [1.82, 2.24) is 4.98 Å². The number of benzene rings is 2. The smallest absolute Gasteiger partial charge is 0.219 e. The lowest BCUT2D eigenvalue weighted by molar-refractivity contribution is 0.242. The summed E-state index contributed by atoms with van der Waals surface area (Å²) in [6, 6.07) is 15.3. The van der Waals surface area contributed by atoms with E-state index in [1.807, 2.05) is 44.2 Å². The minimum Gasteiger partial charge on any atom is -0.491 e. The first kappa shape index (κ1) is 17.4. The molecule has 0 aliphatic heterocycles. The molecule has 3 rings (SSSR count). The molecule has 0 unspecified atom stereocenters. The molecule has 1 aromatic heterocycles. The van der Waals surface area contributed by atoms with E-state index in [1.54, 1.807) is 12.1 Å². The highest BCUT2D eigenvalue weighted by Gasteiger charge is 2.08. The first-order valence-electron chi connectivity index (χ1n) is 8.34. The molecule has 0 atom stereocenters. The van der Waals surface area contributed by atoms with Crippen molar-refractivity contribution < 1.29 is 9.47 Å². The molecular formula is C20H21ClN2O2. The van der Waals surface area contributed by atoms with Gasteiger partial charge in [-0.25, -0.2) is 4.98 Å². The molecule has 0 fully saturated rings. The van der Waals surface area contributed by atoms with Crippen molar-refractivity contribution in [2.75, 3.05) is 11.9 Å². The molecule has 3 aromatic rings. The summed E-state index contributed by atoms with van der Waals surface area (Å²) in [6.07, 6.45) is 0.0945. The number of hydrogen-bond donors (Lipinski definition) is 1. The Labute approximate surface area is 152 Å². The Morgan fingerprint density at radius 3 is 2.64 bits per heavy atom. The van der Waals surface area contributed by atoms with Crippen LogP contribution in [0.4, 0.5) is 5.69 Å². The maximum Gasteiger partial charge on any atom is 0.219 e. The molecule has 25 heavy (non-hydrogen) atoms. The summed E-state index contributed by atoms with van der Waals surface area (Å²) in [5, 5.41) is 4.83. The Hall–Kier alpha value is -2.46. The molecule has 0 aliphatic rings. The van der Waals surface area contributed by atoms with Gasteiger partial charge in [0.05, 0.1) is 16.6 Å². The largest absolute Gasteiger partial charge is 0.491 e. The fourth-order valence-corrected chi connectivity index (χ4v) is 2.71. The Kier molecular flexibility index (Phi) is 5.29. The first-order valence-corrected chi connectivity index (χ1v) is 8.71. The molecule has 4 nitrogen and oxygen atoms in total. The molecule has 0 saturated carbocycles. The van der Waals surface area contributed by atoms with Gasteiger partial charge in [-0.2, -0.15) is 0 Å². The van der Waals surface area contributed by atoms with Crippen LogP contribution < -0.4 is 14.8 Å². The van der Waals surface area contributed by atoms with E-state index in [4.69, 9.17) is 21.1 Å². The summed E-state index contributed by atoms with van der Waals surface area (Å²) in [5.41, 5.74) is 1.95. The summed E-state index contributed by atoms with van der Waals surface area (Å²) in [5.74, 6) is 1.77. The maximum absolute atomic E-state index is 6.30. The van der Waals surface area contributed by atoms with Crippen molar-refractivity contribution in [2.45, 2.75) is 26.9 Å². The Bertz CT molecular complexity index is 881. The summed E-state index contributed by atoms with van der Waals surface area (Å²) in [7, 11) is 0. The van der Waals surface area contributed by atoms with Gasteiger partial charge in [0.25, 0.3) is 0 Å². The highest BCUT2D eigenvalue weighted by Crippen LogP contribution is 2.33. The maximum atomic E-state index is 6.30. The Morgan fingerprint density at radius 2 is 1.92 bits per heavy atom. The van der Waals surface area contributed by atoms with Crippen LogP contribution in [-0.2, 0) is 0 Å². The highest BCUT2D eigenvalue weighted by molar-refractivity contribution is 6.32. The van der Waals surface area contributed by atoms with Gasteiger partial charge in [0.2, 0.25) is 5.88 Å². The van der Waals surface area contributed by atoms with E-state index >= 15 is 0 Å². The number of nitrogens with zero attached hydrogens (tertiary/aromatic N) is 1. The first-order chi connectivity index (χ1) is 12.0. The third kappa shape index (κ3) is 4.34. The van der Waals surface area contributed by atoms with Gasteiger partial charge in [-0.1, -0.05) is 11.6 Å². The lowest BCUT2D eigenvalue weighted by Gasteiger charge is -2.12. The molecule has 1 heterocycles. The fourth-order valence-electron chi connectivity index (χ4n) is 2.50. The minimum atomic E-state index is 0.0945. The highest BCUT2D eigenvalue weighted by atomic mass is 35.5. The molecule has 5 heteroatoms. The minimum absolute atomic E-state index is 0.0945. The van der Waals surface area contributed by atoms with Gasteiger partial charge < -0.3 is 14.8 Å². The zero-order valence-electron chi connectivity index (χ0n) is 14.5. The number of halogens is 1. The normalized spacial score (nSPS) is 10.9. The lowest BCUT2D eigenvalue weighted by Crippen LogP contribution is -2.05. The van der Waals surface area contributed by atoms with Gasteiger partial charge in [-0.15, -0.1) is 0 Å². The number of aromatic nitrogens is 1. The molecule has 2 aromatic carbocycles. The topological polar surface area (TPSA) is 43.4 Å². The van der Waals surface area contributed by atoms with Crippen LogP contribution in [0.25, 0.3) is 10.9 Å². The average Bonchev–Trinajstić information content (AvgIpc) is 2.57. The van der Waals surface area contributed by atoms with Crippen molar-refractivity contribution in [3.05, 3.63) is 53.6 Å². The van der Waals surface area contributed by atoms with Crippen LogP contribution in [0.15, 0.2) is 48.5 Å². The van der Waals surface area contributed by atoms with E-state index in [0.717, 1.165) is 28.9 Å². The molecule has 0 aliphatic carbocycles. The standard InChI is InChI=1S/C20H21ClN2O2/c1-4-22-15-6-8-18-14(11-15)5-10-20(23-18)25-19-9-7-16(12-17(19)21)24-13(2)3/h5-13,22H,4H2,1-3H3. The number of pyridine rings is 1. The quantitative estimate of drug-likeness (QED) is 0.597.